The van der Waals surface area contributed by atoms with Gasteiger partial charge >= 0.3 is 5.95 Å². The van der Waals surface area contributed by atoms with Crippen LogP contribution in [0.2, 0.25) is 0 Å². The van der Waals surface area contributed by atoms with Crippen molar-refractivity contribution >= 4 is 35.1 Å². The molecule has 0 fully saturated rings. The summed E-state index contributed by atoms with van der Waals surface area (Å²) in [5, 5.41) is 14.5. The predicted octanol–water partition coefficient (Wildman–Crippen LogP) is 0.551. The fraction of sp³-hybridized carbons (Fsp3) is 0.222. The second kappa shape index (κ2) is 5.87. The average Bonchev–Trinajstić information content (AvgIpc) is 2.65. The summed E-state index contributed by atoms with van der Waals surface area (Å²) >= 11 is 4.59. The zero-order valence-electron chi connectivity index (χ0n) is 9.82. The van der Waals surface area contributed by atoms with Crippen molar-refractivity contribution < 1.29 is 4.92 Å². The van der Waals surface area contributed by atoms with E-state index in [1.165, 1.54) is 10.8 Å². The Morgan fingerprint density at radius 3 is 2.94 bits per heavy atom. The van der Waals surface area contributed by atoms with Gasteiger partial charge in [0.15, 0.2) is 5.11 Å². The molecule has 18 heavy (non-hydrogen) atoms. The number of nitrogens with two attached hydrogens (primary N) is 1. The summed E-state index contributed by atoms with van der Waals surface area (Å²) in [7, 11) is 1.56. The van der Waals surface area contributed by atoms with E-state index in [1.807, 2.05) is 0 Å². The minimum absolute atomic E-state index is 0.0684. The Morgan fingerprint density at radius 2 is 2.44 bits per heavy atom. The van der Waals surface area contributed by atoms with Crippen molar-refractivity contribution in [3.8, 4) is 0 Å². The lowest BCUT2D eigenvalue weighted by Crippen LogP contribution is -2.24. The fourth-order valence-corrected chi connectivity index (χ4v) is 1.17. The number of nitrogens with one attached hydrogen (secondary N) is 1. The fourth-order valence-electron chi connectivity index (χ4n) is 1.12. The highest BCUT2D eigenvalue weighted by molar-refractivity contribution is 7.80. The molecule has 0 amide bonds. The molecule has 3 N–H and O–H groups in total. The topological polar surface area (TPSA) is 111 Å². The minimum atomic E-state index is -0.549. The van der Waals surface area contributed by atoms with Gasteiger partial charge in [-0.05, 0) is 36.2 Å². The van der Waals surface area contributed by atoms with E-state index in [0.29, 0.717) is 11.4 Å². The minimum Gasteiger partial charge on any atom is -0.390 e. The first kappa shape index (κ1) is 13.8. The lowest BCUT2D eigenvalue weighted by molar-refractivity contribution is -0.396. The standard InChI is InChI=1S/C9H12N6O2S/c1-6(12-13-8(10)18)3-4-7-5-11-9(14(7)2)15(16)17/h3-5H,1-2H3,(H3,10,13,18)/b4-3+,12-6+. The van der Waals surface area contributed by atoms with E-state index in [0.717, 1.165) is 0 Å². The Kier molecular flexibility index (Phi) is 4.49. The smallest absolute Gasteiger partial charge is 0.390 e. The number of allylic oxidation sites excluding steroid dienone is 1. The van der Waals surface area contributed by atoms with Crippen molar-refractivity contribution in [3.63, 3.8) is 0 Å². The van der Waals surface area contributed by atoms with Crippen LogP contribution in [0.1, 0.15) is 12.6 Å². The number of thiocarbonyl (C=S) groups is 1. The highest BCUT2D eigenvalue weighted by Gasteiger charge is 2.14. The molecule has 0 bridgehead atoms. The summed E-state index contributed by atoms with van der Waals surface area (Å²) in [5.74, 6) is -0.217. The summed E-state index contributed by atoms with van der Waals surface area (Å²) in [6, 6.07) is 0. The Labute approximate surface area is 108 Å². The molecule has 0 saturated carbocycles. The van der Waals surface area contributed by atoms with E-state index in [1.54, 1.807) is 26.1 Å². The van der Waals surface area contributed by atoms with Gasteiger partial charge in [-0.15, -0.1) is 0 Å². The number of imidazole rings is 1. The third kappa shape index (κ3) is 3.63. The summed E-state index contributed by atoms with van der Waals surface area (Å²) in [6.45, 7) is 1.73. The van der Waals surface area contributed by atoms with Crippen LogP contribution in [0.4, 0.5) is 5.95 Å². The van der Waals surface area contributed by atoms with Crippen LogP contribution in [0.3, 0.4) is 0 Å². The number of rotatable bonds is 4. The van der Waals surface area contributed by atoms with Gasteiger partial charge in [0.1, 0.15) is 11.9 Å². The van der Waals surface area contributed by atoms with Crippen LogP contribution < -0.4 is 11.2 Å². The average molecular weight is 268 g/mol. The van der Waals surface area contributed by atoms with Crippen LogP contribution in [-0.4, -0.2) is 25.3 Å². The van der Waals surface area contributed by atoms with E-state index in [-0.39, 0.29) is 11.1 Å². The van der Waals surface area contributed by atoms with Crippen molar-refractivity contribution in [3.05, 3.63) is 28.1 Å². The summed E-state index contributed by atoms with van der Waals surface area (Å²) in [5.41, 5.74) is 8.85. The highest BCUT2D eigenvalue weighted by atomic mass is 32.1. The summed E-state index contributed by atoms with van der Waals surface area (Å²) < 4.78 is 1.37. The molecule has 0 saturated heterocycles. The van der Waals surface area contributed by atoms with E-state index in [2.05, 4.69) is 27.7 Å². The lowest BCUT2D eigenvalue weighted by Gasteiger charge is -1.96. The number of hydrazone groups is 1. The summed E-state index contributed by atoms with van der Waals surface area (Å²) in [6.07, 6.45) is 4.72. The van der Waals surface area contributed by atoms with Gasteiger partial charge < -0.3 is 15.8 Å². The molecule has 96 valence electrons. The van der Waals surface area contributed by atoms with E-state index in [9.17, 15) is 10.1 Å². The molecule has 0 aromatic carbocycles. The zero-order valence-corrected chi connectivity index (χ0v) is 10.6. The molecule has 0 unspecified atom stereocenters. The van der Waals surface area contributed by atoms with Gasteiger partial charge in [0.2, 0.25) is 0 Å². The van der Waals surface area contributed by atoms with Gasteiger partial charge in [-0.3, -0.25) is 5.43 Å². The maximum Gasteiger partial charge on any atom is 0.434 e. The van der Waals surface area contributed by atoms with Crippen molar-refractivity contribution in [1.82, 2.24) is 15.0 Å². The normalized spacial score (nSPS) is 11.8. The molecule has 0 aliphatic rings. The van der Waals surface area contributed by atoms with Crippen LogP contribution in [-0.2, 0) is 7.05 Å². The number of nitrogens with zero attached hydrogens (tertiary/aromatic N) is 4. The Balaban J connectivity index is 2.82. The van der Waals surface area contributed by atoms with Crippen LogP contribution in [0.25, 0.3) is 6.08 Å². The third-order valence-electron chi connectivity index (χ3n) is 2.00. The molecule has 0 aliphatic carbocycles. The third-order valence-corrected chi connectivity index (χ3v) is 2.09. The number of nitro groups is 1. The highest BCUT2D eigenvalue weighted by Crippen LogP contribution is 2.11. The lowest BCUT2D eigenvalue weighted by atomic mass is 10.3. The van der Waals surface area contributed by atoms with Gasteiger partial charge in [0.25, 0.3) is 0 Å². The van der Waals surface area contributed by atoms with Gasteiger partial charge in [-0.1, -0.05) is 4.98 Å². The second-order valence-corrected chi connectivity index (χ2v) is 3.80. The Bertz CT molecular complexity index is 533. The monoisotopic (exact) mass is 268 g/mol. The van der Waals surface area contributed by atoms with Crippen LogP contribution in [0.5, 0.6) is 0 Å². The maximum absolute atomic E-state index is 10.6. The van der Waals surface area contributed by atoms with E-state index >= 15 is 0 Å². The molecule has 0 spiro atoms. The van der Waals surface area contributed by atoms with Crippen molar-refractivity contribution in [2.45, 2.75) is 6.92 Å². The zero-order chi connectivity index (χ0) is 13.7. The number of hydrogen-bond acceptors (Lipinski definition) is 5. The Morgan fingerprint density at radius 1 is 1.78 bits per heavy atom. The van der Waals surface area contributed by atoms with Gasteiger partial charge in [0.05, 0.1) is 12.8 Å². The quantitative estimate of drug-likeness (QED) is 0.357. The molecule has 0 aliphatic heterocycles. The van der Waals surface area contributed by atoms with Crippen molar-refractivity contribution in [1.29, 1.82) is 0 Å². The van der Waals surface area contributed by atoms with Gasteiger partial charge in [-0.25, -0.2) is 4.57 Å². The molecule has 0 atom stereocenters. The first-order valence-corrected chi connectivity index (χ1v) is 5.26. The van der Waals surface area contributed by atoms with E-state index in [4.69, 9.17) is 5.73 Å². The number of aromatic nitrogens is 2. The van der Waals surface area contributed by atoms with Gasteiger partial charge in [-0.2, -0.15) is 5.10 Å². The SMILES string of the molecule is CC(/C=C/c1cnc([N+](=O)[O-])n1C)=N\NC(N)=S. The Hall–Kier alpha value is -2.29. The largest absolute Gasteiger partial charge is 0.434 e. The van der Waals surface area contributed by atoms with Crippen LogP contribution in [0.15, 0.2) is 17.4 Å². The molecule has 0 radical (unpaired) electrons. The molecular formula is C9H12N6O2S. The molecule has 1 aromatic heterocycles. The second-order valence-electron chi connectivity index (χ2n) is 3.36. The first-order valence-electron chi connectivity index (χ1n) is 4.85. The predicted molar refractivity (Wildman–Crippen MR) is 71.9 cm³/mol. The van der Waals surface area contributed by atoms with Crippen molar-refractivity contribution in [2.75, 3.05) is 0 Å². The first-order chi connectivity index (χ1) is 8.41. The molecular weight excluding hydrogens is 256 g/mol. The molecule has 8 nitrogen and oxygen atoms in total. The maximum atomic E-state index is 10.6. The van der Waals surface area contributed by atoms with Crippen LogP contribution >= 0.6 is 12.2 Å². The molecule has 9 heteroatoms. The van der Waals surface area contributed by atoms with E-state index < -0.39 is 4.92 Å². The van der Waals surface area contributed by atoms with Crippen LogP contribution in [0, 0.1) is 10.1 Å². The molecule has 1 aromatic rings. The van der Waals surface area contributed by atoms with Gasteiger partial charge in [0, 0.05) is 0 Å². The van der Waals surface area contributed by atoms with Crippen molar-refractivity contribution in [2.24, 2.45) is 17.9 Å². The molecule has 1 heterocycles. The molecule has 1 rings (SSSR count). The summed E-state index contributed by atoms with van der Waals surface area (Å²) in [4.78, 5) is 13.7. The number of hydrogen-bond donors (Lipinski definition) is 2.